The molecule has 0 spiro atoms. The van der Waals surface area contributed by atoms with Crippen LogP contribution in [0.2, 0.25) is 0 Å². The van der Waals surface area contributed by atoms with E-state index in [2.05, 4.69) is 45.8 Å². The molecular weight excluding hydrogens is 386 g/mol. The van der Waals surface area contributed by atoms with Gasteiger partial charge < -0.3 is 14.5 Å². The van der Waals surface area contributed by atoms with Crippen molar-refractivity contribution in [2.75, 3.05) is 51.3 Å². The molecule has 29 heavy (non-hydrogen) atoms. The van der Waals surface area contributed by atoms with E-state index in [-0.39, 0.29) is 4.90 Å². The van der Waals surface area contributed by atoms with E-state index in [1.54, 1.807) is 12.1 Å². The molecule has 1 fully saturated rings. The lowest BCUT2D eigenvalue weighted by Crippen LogP contribution is -2.44. The maximum atomic E-state index is 12.8. The van der Waals surface area contributed by atoms with Crippen molar-refractivity contribution < 1.29 is 13.2 Å². The highest BCUT2D eigenvalue weighted by Crippen LogP contribution is 2.25. The van der Waals surface area contributed by atoms with Crippen molar-refractivity contribution in [1.29, 1.82) is 0 Å². The number of hydrogen-bond acceptors (Lipinski definition) is 5. The molecule has 0 amide bonds. The maximum Gasteiger partial charge on any atom is 0.244 e. The Morgan fingerprint density at radius 2 is 1.72 bits per heavy atom. The predicted octanol–water partition coefficient (Wildman–Crippen LogP) is 2.67. The Morgan fingerprint density at radius 1 is 1.03 bits per heavy atom. The lowest BCUT2D eigenvalue weighted by atomic mass is 10.1. The fourth-order valence-electron chi connectivity index (χ4n) is 3.45. The number of nitrogens with zero attached hydrogens (tertiary/aromatic N) is 2. The number of nitrogens with one attached hydrogen (secondary N) is 1. The van der Waals surface area contributed by atoms with E-state index >= 15 is 0 Å². The van der Waals surface area contributed by atoms with Crippen molar-refractivity contribution in [3.8, 4) is 5.75 Å². The molecule has 2 aromatic rings. The zero-order chi connectivity index (χ0) is 20.9. The Kier molecular flexibility index (Phi) is 7.16. The maximum absolute atomic E-state index is 12.8. The third-order valence-corrected chi connectivity index (χ3v) is 6.68. The van der Waals surface area contributed by atoms with Gasteiger partial charge in [0.05, 0.1) is 6.61 Å². The fourth-order valence-corrected chi connectivity index (χ4v) is 4.70. The lowest BCUT2D eigenvalue weighted by molar-refractivity contribution is 0.313. The minimum Gasteiger partial charge on any atom is -0.492 e. The van der Waals surface area contributed by atoms with E-state index in [0.29, 0.717) is 25.3 Å². The summed E-state index contributed by atoms with van der Waals surface area (Å²) in [4.78, 5) is 4.92. The molecule has 2 aromatic carbocycles. The Bertz CT molecular complexity index is 905. The van der Waals surface area contributed by atoms with Crippen LogP contribution in [0.15, 0.2) is 47.4 Å². The van der Waals surface area contributed by atoms with Crippen LogP contribution in [0.5, 0.6) is 5.75 Å². The molecule has 1 saturated heterocycles. The number of anilines is 1. The molecule has 1 N–H and O–H groups in total. The van der Waals surface area contributed by atoms with Crippen molar-refractivity contribution in [2.24, 2.45) is 0 Å². The van der Waals surface area contributed by atoms with Crippen LogP contribution in [0, 0.1) is 6.92 Å². The molecule has 7 heteroatoms. The molecule has 0 aliphatic carbocycles. The third kappa shape index (κ3) is 5.72. The Hall–Kier alpha value is -2.09. The van der Waals surface area contributed by atoms with Gasteiger partial charge in [-0.15, -0.1) is 0 Å². The normalized spacial score (nSPS) is 15.5. The van der Waals surface area contributed by atoms with Gasteiger partial charge >= 0.3 is 0 Å². The van der Waals surface area contributed by atoms with E-state index in [1.165, 1.54) is 5.69 Å². The number of aryl methyl sites for hydroxylation is 1. The van der Waals surface area contributed by atoms with E-state index in [9.17, 15) is 8.42 Å². The molecule has 0 bridgehead atoms. The zero-order valence-corrected chi connectivity index (χ0v) is 18.3. The number of benzene rings is 2. The fraction of sp³-hybridized carbons (Fsp3) is 0.455. The molecule has 0 aromatic heterocycles. The largest absolute Gasteiger partial charge is 0.492 e. The van der Waals surface area contributed by atoms with Crippen LogP contribution in [0.4, 0.5) is 5.69 Å². The second kappa shape index (κ2) is 9.61. The van der Waals surface area contributed by atoms with Crippen LogP contribution in [-0.4, -0.2) is 59.7 Å². The van der Waals surface area contributed by atoms with Gasteiger partial charge in [0.15, 0.2) is 0 Å². The highest BCUT2D eigenvalue weighted by molar-refractivity contribution is 7.89. The van der Waals surface area contributed by atoms with Gasteiger partial charge in [0.25, 0.3) is 0 Å². The summed E-state index contributed by atoms with van der Waals surface area (Å²) in [5.41, 5.74) is 3.22. The highest BCUT2D eigenvalue weighted by Gasteiger charge is 2.19. The number of piperazine rings is 1. The van der Waals surface area contributed by atoms with Crippen LogP contribution >= 0.6 is 0 Å². The molecule has 1 aliphatic heterocycles. The summed E-state index contributed by atoms with van der Waals surface area (Å²) >= 11 is 0. The molecule has 3 rings (SSSR count). The Balaban J connectivity index is 1.59. The summed E-state index contributed by atoms with van der Waals surface area (Å²) in [6, 6.07) is 13.6. The van der Waals surface area contributed by atoms with Crippen LogP contribution in [0.25, 0.3) is 0 Å². The first-order valence-corrected chi connectivity index (χ1v) is 11.6. The average Bonchev–Trinajstić information content (AvgIpc) is 2.70. The second-order valence-electron chi connectivity index (χ2n) is 7.49. The van der Waals surface area contributed by atoms with Gasteiger partial charge in [-0.25, -0.2) is 13.1 Å². The molecule has 0 saturated carbocycles. The van der Waals surface area contributed by atoms with Crippen molar-refractivity contribution in [3.63, 3.8) is 0 Å². The van der Waals surface area contributed by atoms with Crippen LogP contribution in [0.3, 0.4) is 0 Å². The molecule has 1 heterocycles. The number of likely N-dealkylation sites (N-methyl/N-ethyl adjacent to an activating group) is 1. The highest BCUT2D eigenvalue weighted by atomic mass is 32.2. The first-order valence-electron chi connectivity index (χ1n) is 10.1. The van der Waals surface area contributed by atoms with Crippen LogP contribution < -0.4 is 14.4 Å². The summed E-state index contributed by atoms with van der Waals surface area (Å²) in [7, 11) is -1.48. The van der Waals surface area contributed by atoms with Crippen LogP contribution in [0.1, 0.15) is 18.1 Å². The number of rotatable bonds is 8. The topological polar surface area (TPSA) is 61.9 Å². The summed E-state index contributed by atoms with van der Waals surface area (Å²) in [6.45, 7) is 8.70. The molecule has 1 aliphatic rings. The number of ether oxygens (including phenoxy) is 1. The van der Waals surface area contributed by atoms with Crippen LogP contribution in [-0.2, 0) is 16.4 Å². The molecular formula is C22H31N3O3S. The number of hydrogen-bond donors (Lipinski definition) is 1. The molecule has 0 atom stereocenters. The number of sulfonamides is 1. The zero-order valence-electron chi connectivity index (χ0n) is 17.5. The SMILES string of the molecule is CCOc1ccc(C)cc1S(=O)(=O)NCCc1ccc(N2CCN(C)CC2)cc1. The van der Waals surface area contributed by atoms with E-state index < -0.39 is 10.0 Å². The third-order valence-electron chi connectivity index (χ3n) is 5.20. The first kappa shape index (κ1) is 21.6. The minimum absolute atomic E-state index is 0.199. The second-order valence-corrected chi connectivity index (χ2v) is 9.22. The van der Waals surface area contributed by atoms with Gasteiger partial charge in [0.1, 0.15) is 10.6 Å². The van der Waals surface area contributed by atoms with Crippen molar-refractivity contribution in [3.05, 3.63) is 53.6 Å². The predicted molar refractivity (Wildman–Crippen MR) is 117 cm³/mol. The molecule has 158 valence electrons. The molecule has 0 unspecified atom stereocenters. The minimum atomic E-state index is -3.62. The van der Waals surface area contributed by atoms with E-state index in [4.69, 9.17) is 4.74 Å². The Labute approximate surface area is 174 Å². The van der Waals surface area contributed by atoms with E-state index in [0.717, 1.165) is 37.3 Å². The first-order chi connectivity index (χ1) is 13.9. The lowest BCUT2D eigenvalue weighted by Gasteiger charge is -2.34. The summed E-state index contributed by atoms with van der Waals surface area (Å²) < 4.78 is 33.7. The van der Waals surface area contributed by atoms with Crippen molar-refractivity contribution in [1.82, 2.24) is 9.62 Å². The quantitative estimate of drug-likeness (QED) is 0.716. The van der Waals surface area contributed by atoms with Gasteiger partial charge in [0.2, 0.25) is 10.0 Å². The smallest absolute Gasteiger partial charge is 0.244 e. The van der Waals surface area contributed by atoms with Gasteiger partial charge in [0, 0.05) is 38.4 Å². The van der Waals surface area contributed by atoms with E-state index in [1.807, 2.05) is 19.9 Å². The average molecular weight is 418 g/mol. The van der Waals surface area contributed by atoms with Gasteiger partial charge in [-0.1, -0.05) is 18.2 Å². The summed E-state index contributed by atoms with van der Waals surface area (Å²) in [6.07, 6.45) is 0.637. The Morgan fingerprint density at radius 3 is 2.38 bits per heavy atom. The molecule has 6 nitrogen and oxygen atoms in total. The molecule has 0 radical (unpaired) electrons. The van der Waals surface area contributed by atoms with Crippen molar-refractivity contribution >= 4 is 15.7 Å². The van der Waals surface area contributed by atoms with Gasteiger partial charge in [-0.3, -0.25) is 0 Å². The summed E-state index contributed by atoms with van der Waals surface area (Å²) in [5, 5.41) is 0. The summed E-state index contributed by atoms with van der Waals surface area (Å²) in [5.74, 6) is 0.391. The monoisotopic (exact) mass is 417 g/mol. The standard InChI is InChI=1S/C22H31N3O3S/c1-4-28-21-10-5-18(2)17-22(21)29(26,27)23-12-11-19-6-8-20(9-7-19)25-15-13-24(3)14-16-25/h5-10,17,23H,4,11-16H2,1-3H3. The van der Waals surface area contributed by atoms with Gasteiger partial charge in [-0.05, 0) is 62.7 Å². The van der Waals surface area contributed by atoms with Crippen molar-refractivity contribution in [2.45, 2.75) is 25.2 Å². The van der Waals surface area contributed by atoms with Gasteiger partial charge in [-0.2, -0.15) is 0 Å².